The van der Waals surface area contributed by atoms with Crippen LogP contribution in [0.5, 0.6) is 34.5 Å². The third kappa shape index (κ3) is 2.68. The van der Waals surface area contributed by atoms with Gasteiger partial charge < -0.3 is 33.5 Å². The van der Waals surface area contributed by atoms with Gasteiger partial charge in [0, 0.05) is 29.9 Å². The molecular formula is C22H24O7. The summed E-state index contributed by atoms with van der Waals surface area (Å²) in [5.74, 6) is 2.21. The number of rotatable bonds is 4. The summed E-state index contributed by atoms with van der Waals surface area (Å²) in [6, 6.07) is 7.67. The zero-order valence-corrected chi connectivity index (χ0v) is 16.7. The van der Waals surface area contributed by atoms with Crippen molar-refractivity contribution < 1.29 is 33.5 Å². The molecule has 5 rings (SSSR count). The summed E-state index contributed by atoms with van der Waals surface area (Å²) >= 11 is 0. The van der Waals surface area contributed by atoms with Crippen LogP contribution in [-0.2, 0) is 0 Å². The van der Waals surface area contributed by atoms with Gasteiger partial charge >= 0.3 is 0 Å². The van der Waals surface area contributed by atoms with Gasteiger partial charge in [-0.15, -0.1) is 0 Å². The second kappa shape index (κ2) is 6.62. The van der Waals surface area contributed by atoms with Gasteiger partial charge in [-0.25, -0.2) is 0 Å². The number of hydrogen-bond donors (Lipinski definition) is 1. The van der Waals surface area contributed by atoms with Crippen molar-refractivity contribution in [3.63, 3.8) is 0 Å². The highest BCUT2D eigenvalue weighted by molar-refractivity contribution is 5.60. The highest BCUT2D eigenvalue weighted by atomic mass is 16.7. The van der Waals surface area contributed by atoms with Crippen molar-refractivity contribution in [2.24, 2.45) is 5.92 Å². The monoisotopic (exact) mass is 400 g/mol. The fourth-order valence-electron chi connectivity index (χ4n) is 4.91. The standard InChI is InChI=1S/C22H24O7/c1-24-18-7-12(8-19(25-2)21(18)26-3)20-13-9-16-17(28-11-27-16)10-15(13)29-22(23)6-4-5-14(20)22/h7-10,14,20,23H,4-6,11H2,1-3H3. The lowest BCUT2D eigenvalue weighted by Crippen LogP contribution is -2.46. The molecule has 7 nitrogen and oxygen atoms in total. The predicted molar refractivity (Wildman–Crippen MR) is 103 cm³/mol. The van der Waals surface area contributed by atoms with Gasteiger partial charge in [-0.1, -0.05) is 0 Å². The summed E-state index contributed by atoms with van der Waals surface area (Å²) < 4.78 is 33.8. The van der Waals surface area contributed by atoms with Gasteiger partial charge in [0.15, 0.2) is 23.0 Å². The molecule has 2 aliphatic heterocycles. The van der Waals surface area contributed by atoms with E-state index in [9.17, 15) is 5.11 Å². The van der Waals surface area contributed by atoms with Gasteiger partial charge in [0.1, 0.15) is 5.75 Å². The quantitative estimate of drug-likeness (QED) is 0.842. The Morgan fingerprint density at radius 2 is 1.62 bits per heavy atom. The maximum atomic E-state index is 11.3. The molecular weight excluding hydrogens is 376 g/mol. The van der Waals surface area contributed by atoms with Gasteiger partial charge in [0.25, 0.3) is 0 Å². The van der Waals surface area contributed by atoms with E-state index in [1.807, 2.05) is 24.3 Å². The van der Waals surface area contributed by atoms with Crippen molar-refractivity contribution in [1.82, 2.24) is 0 Å². The van der Waals surface area contributed by atoms with E-state index in [1.54, 1.807) is 21.3 Å². The maximum Gasteiger partial charge on any atom is 0.231 e. The van der Waals surface area contributed by atoms with Crippen LogP contribution in [0.3, 0.4) is 0 Å². The van der Waals surface area contributed by atoms with Crippen LogP contribution >= 0.6 is 0 Å². The molecule has 2 heterocycles. The molecule has 0 bridgehead atoms. The number of hydrogen-bond acceptors (Lipinski definition) is 7. The third-order valence-electron chi connectivity index (χ3n) is 6.20. The number of benzene rings is 2. The molecule has 3 unspecified atom stereocenters. The Morgan fingerprint density at radius 1 is 0.931 bits per heavy atom. The van der Waals surface area contributed by atoms with E-state index in [4.69, 9.17) is 28.4 Å². The van der Waals surface area contributed by atoms with Crippen molar-refractivity contribution in [3.8, 4) is 34.5 Å². The number of aliphatic hydroxyl groups is 1. The second-order valence-electron chi connectivity index (χ2n) is 7.63. The van der Waals surface area contributed by atoms with Gasteiger partial charge in [-0.3, -0.25) is 0 Å². The molecule has 7 heteroatoms. The maximum absolute atomic E-state index is 11.3. The predicted octanol–water partition coefficient (Wildman–Crippen LogP) is 3.45. The first-order valence-corrected chi connectivity index (χ1v) is 9.73. The van der Waals surface area contributed by atoms with E-state index in [2.05, 4.69) is 0 Å². The summed E-state index contributed by atoms with van der Waals surface area (Å²) in [4.78, 5) is 0. The fraction of sp³-hybridized carbons (Fsp3) is 0.455. The highest BCUT2D eigenvalue weighted by Crippen LogP contribution is 2.57. The van der Waals surface area contributed by atoms with Gasteiger partial charge in [0.05, 0.1) is 21.3 Å². The summed E-state index contributed by atoms with van der Waals surface area (Å²) in [6.07, 6.45) is 2.33. The van der Waals surface area contributed by atoms with Crippen molar-refractivity contribution in [1.29, 1.82) is 0 Å². The van der Waals surface area contributed by atoms with Crippen molar-refractivity contribution >= 4 is 0 Å². The molecule has 0 amide bonds. The zero-order valence-electron chi connectivity index (χ0n) is 16.7. The molecule has 1 saturated carbocycles. The van der Waals surface area contributed by atoms with Crippen molar-refractivity contribution in [3.05, 3.63) is 35.4 Å². The average molecular weight is 400 g/mol. The van der Waals surface area contributed by atoms with Crippen molar-refractivity contribution in [2.45, 2.75) is 31.0 Å². The summed E-state index contributed by atoms with van der Waals surface area (Å²) in [5, 5.41) is 11.3. The van der Waals surface area contributed by atoms with Crippen molar-refractivity contribution in [2.75, 3.05) is 28.1 Å². The van der Waals surface area contributed by atoms with E-state index in [-0.39, 0.29) is 18.6 Å². The first-order chi connectivity index (χ1) is 14.1. The Morgan fingerprint density at radius 3 is 2.28 bits per heavy atom. The molecule has 3 aliphatic rings. The Balaban J connectivity index is 1.71. The Hall–Kier alpha value is -2.80. The largest absolute Gasteiger partial charge is 0.493 e. The van der Waals surface area contributed by atoms with Gasteiger partial charge in [-0.2, -0.15) is 0 Å². The first-order valence-electron chi connectivity index (χ1n) is 9.73. The number of ether oxygens (including phenoxy) is 6. The van der Waals surface area contributed by atoms with Crippen LogP contribution in [0.15, 0.2) is 24.3 Å². The summed E-state index contributed by atoms with van der Waals surface area (Å²) in [6.45, 7) is 0.181. The minimum atomic E-state index is -1.22. The molecule has 3 atom stereocenters. The van der Waals surface area contributed by atoms with Crippen LogP contribution in [0, 0.1) is 5.92 Å². The van der Waals surface area contributed by atoms with Crippen LogP contribution < -0.4 is 28.4 Å². The normalized spacial score (nSPS) is 26.3. The van der Waals surface area contributed by atoms with Crippen LogP contribution in [0.25, 0.3) is 0 Å². The first kappa shape index (κ1) is 18.2. The molecule has 154 valence electrons. The molecule has 1 N–H and O–H groups in total. The van der Waals surface area contributed by atoms with E-state index >= 15 is 0 Å². The Labute approximate surface area is 169 Å². The Kier molecular flexibility index (Phi) is 4.17. The van der Waals surface area contributed by atoms with E-state index < -0.39 is 5.79 Å². The van der Waals surface area contributed by atoms with Gasteiger partial charge in [-0.05, 0) is 36.6 Å². The topological polar surface area (TPSA) is 75.6 Å². The molecule has 2 aromatic rings. The molecule has 0 spiro atoms. The minimum absolute atomic E-state index is 0.0989. The zero-order chi connectivity index (χ0) is 20.2. The second-order valence-corrected chi connectivity index (χ2v) is 7.63. The van der Waals surface area contributed by atoms with E-state index in [0.717, 1.165) is 24.0 Å². The lowest BCUT2D eigenvalue weighted by Gasteiger charge is -2.42. The molecule has 0 saturated heterocycles. The molecule has 1 fully saturated rings. The van der Waals surface area contributed by atoms with Crippen LogP contribution in [0.4, 0.5) is 0 Å². The molecule has 0 aromatic heterocycles. The fourth-order valence-corrected chi connectivity index (χ4v) is 4.91. The van der Waals surface area contributed by atoms with Crippen LogP contribution in [0.2, 0.25) is 0 Å². The molecule has 0 radical (unpaired) electrons. The van der Waals surface area contributed by atoms with Crippen LogP contribution in [0.1, 0.15) is 36.3 Å². The highest BCUT2D eigenvalue weighted by Gasteiger charge is 2.53. The van der Waals surface area contributed by atoms with Crippen LogP contribution in [-0.4, -0.2) is 39.0 Å². The third-order valence-corrected chi connectivity index (χ3v) is 6.20. The molecule has 1 aliphatic carbocycles. The SMILES string of the molecule is COc1cc(C2c3cc4c(cc3OC3(O)CCCC23)OCO4)cc(OC)c1OC. The summed E-state index contributed by atoms with van der Waals surface area (Å²) in [7, 11) is 4.78. The Bertz CT molecular complexity index is 931. The lowest BCUT2D eigenvalue weighted by atomic mass is 9.75. The molecule has 29 heavy (non-hydrogen) atoms. The van der Waals surface area contributed by atoms with Gasteiger partial charge in [0.2, 0.25) is 18.3 Å². The minimum Gasteiger partial charge on any atom is -0.493 e. The number of fused-ring (bicyclic) bond motifs is 3. The smallest absolute Gasteiger partial charge is 0.231 e. The van der Waals surface area contributed by atoms with E-state index in [0.29, 0.717) is 40.9 Å². The number of methoxy groups -OCH3 is 3. The summed E-state index contributed by atoms with van der Waals surface area (Å²) in [5.41, 5.74) is 1.92. The molecule has 2 aromatic carbocycles. The average Bonchev–Trinajstić information content (AvgIpc) is 3.34. The lowest BCUT2D eigenvalue weighted by molar-refractivity contribution is -0.175. The van der Waals surface area contributed by atoms with E-state index in [1.165, 1.54) is 0 Å².